The lowest BCUT2D eigenvalue weighted by Crippen LogP contribution is -2.22. The van der Waals surface area contributed by atoms with Crippen molar-refractivity contribution in [1.82, 2.24) is 61.8 Å². The van der Waals surface area contributed by atoms with Crippen LogP contribution in [0.15, 0.2) is 302 Å². The summed E-state index contributed by atoms with van der Waals surface area (Å²) in [6.07, 6.45) is 9.82. The Labute approximate surface area is 819 Å². The van der Waals surface area contributed by atoms with E-state index in [1.54, 1.807) is 53.9 Å². The van der Waals surface area contributed by atoms with Crippen molar-refractivity contribution in [3.8, 4) is 11.5 Å². The molecule has 22 heteroatoms. The average Bonchev–Trinajstić information content (AvgIpc) is 1.70. The lowest BCUT2D eigenvalue weighted by Gasteiger charge is -2.08. The Morgan fingerprint density at radius 3 is 0.884 bits per heavy atom. The molecule has 0 radical (unpaired) electrons. The van der Waals surface area contributed by atoms with Crippen LogP contribution in [0.3, 0.4) is 0 Å². The molecule has 6 aromatic heterocycles. The van der Waals surface area contributed by atoms with Gasteiger partial charge < -0.3 is 71.6 Å². The van der Waals surface area contributed by atoms with Gasteiger partial charge in [-0.05, 0) is 197 Å². The summed E-state index contributed by atoms with van der Waals surface area (Å²) in [6.45, 7) is 15.2. The molecule has 0 saturated heterocycles. The molecule has 6 heterocycles. The second-order valence-electron chi connectivity index (χ2n) is 34.4. The van der Waals surface area contributed by atoms with E-state index in [-0.39, 0.29) is 41.2 Å². The Morgan fingerprint density at radius 2 is 0.551 bits per heavy atom. The molecular weight excluding hydrogens is 1800 g/mol. The van der Waals surface area contributed by atoms with Crippen molar-refractivity contribution < 1.29 is 38.6 Å². The zero-order valence-electron chi connectivity index (χ0n) is 79.6. The van der Waals surface area contributed by atoms with Gasteiger partial charge in [0.05, 0.1) is 7.11 Å². The topological polar surface area (TPSA) is 299 Å². The number of phenols is 1. The zero-order chi connectivity index (χ0) is 97.2. The van der Waals surface area contributed by atoms with Gasteiger partial charge in [-0.3, -0.25) is 28.8 Å². The van der Waals surface area contributed by atoms with Crippen LogP contribution in [0.25, 0.3) is 65.4 Å². The highest BCUT2D eigenvalue weighted by atomic mass is 79.9. The second-order valence-corrected chi connectivity index (χ2v) is 35.7. The number of aromatic amines is 6. The first-order chi connectivity index (χ1) is 67.0. The Kier molecular flexibility index (Phi) is 36.8. The highest BCUT2D eigenvalue weighted by Gasteiger charge is 2.21. The number of H-pyrrole nitrogens is 6. The number of hydrogen-bond acceptors (Lipinski definition) is 8. The number of halogens is 2. The minimum Gasteiger partial charge on any atom is -0.508 e. The van der Waals surface area contributed by atoms with E-state index in [0.717, 1.165) is 159 Å². The van der Waals surface area contributed by atoms with E-state index in [0.29, 0.717) is 39.3 Å². The number of hydrogen-bond donors (Lipinski definition) is 13. The molecule has 0 aliphatic heterocycles. The maximum absolute atomic E-state index is 11.2. The van der Waals surface area contributed by atoms with Gasteiger partial charge in [-0.2, -0.15) is 0 Å². The Balaban J connectivity index is 0.000000140. The van der Waals surface area contributed by atoms with Crippen LogP contribution in [0.2, 0.25) is 5.02 Å². The predicted molar refractivity (Wildman–Crippen MR) is 565 cm³/mol. The second kappa shape index (κ2) is 50.6. The number of methoxy groups -OCH3 is 1. The maximum atomic E-state index is 11.2. The van der Waals surface area contributed by atoms with Crippen molar-refractivity contribution in [2.24, 2.45) is 0 Å². The molecule has 0 saturated carbocycles. The number of fused-ring (bicyclic) bond motifs is 6. The van der Waals surface area contributed by atoms with Crippen LogP contribution >= 0.6 is 27.5 Å². The molecule has 0 bridgehead atoms. The molecular formula is C116H122BrClN12O8. The van der Waals surface area contributed by atoms with Crippen molar-refractivity contribution in [1.29, 1.82) is 0 Å². The minimum atomic E-state index is -0.0303. The molecule has 18 rings (SSSR count). The van der Waals surface area contributed by atoms with Crippen molar-refractivity contribution in [3.63, 3.8) is 0 Å². The molecule has 138 heavy (non-hydrogen) atoms. The van der Waals surface area contributed by atoms with Crippen LogP contribution in [0.4, 0.5) is 0 Å². The van der Waals surface area contributed by atoms with Crippen molar-refractivity contribution >= 4 is 128 Å². The third-order valence-electron chi connectivity index (χ3n) is 24.2. The lowest BCUT2D eigenvalue weighted by atomic mass is 9.99. The van der Waals surface area contributed by atoms with Gasteiger partial charge in [0.25, 0.3) is 0 Å². The van der Waals surface area contributed by atoms with Crippen LogP contribution < -0.4 is 36.6 Å². The first kappa shape index (κ1) is 101. The SMILES string of the molecule is CC(=O)NCCc1c(Cc2ccccc2)[nH]c2ccc(Br)cc12.CC(=O)NCCc1c(Cc2ccccc2)[nH]c2ccc(O)cc12.CC(=O)NCCc1c(Cc2ccccc2)[nH]c2ccccc12.CC(=O)NCCc1c(Cc2ccccc2C)[nH]c2ccccc12.CC(=O)NCCc1c(Cc2ccccc2Cl)[nH]c2ccccc12.COc1ccc2[nH]c(Cc3ccccc3)c(CCNC(C)=O)c2c1. The Bertz CT molecular complexity index is 6840. The standard InChI is InChI=1S/C20H22N2O2.C20H22N2O.C19H19BrN2O.C19H19ClN2O.C19H20N2O2.C19H20N2O/c1-14(23)21-11-10-17-18-13-16(24-2)8-9-19(18)22-20(17)12-15-6-4-3-5-7-15;1-14-7-3-4-8-16(14)13-20-18(11-12-21-15(2)23)17-9-5-6-10-19(17)22-20;1-13(23)21-10-9-16-17-12-15(20)7-8-18(17)22-19(16)11-14-5-3-2-4-6-14;1-13(23)21-11-10-16-15-7-3-5-9-18(15)22-19(16)12-14-6-2-4-8-17(14)20;1-13(22)20-10-9-16-17-12-15(23)7-8-18(17)21-19(16)11-14-5-3-2-4-6-14;1-14(22)20-12-11-17-16-9-5-6-10-18(16)21-19(17)13-15-7-3-2-4-8-15/h3-9,13,22H,10-12H2,1-2H3,(H,21,23);3-10,22H,11-13H2,1-2H3,(H,21,23);2-8,12,22H,9-11H2,1H3,(H,21,23);2-9,22H,10-12H2,1H3,(H,21,23);2-8,12,21,23H,9-11H2,1H3,(H,20,22);2-10,21H,11-13H2,1H3,(H,20,22). The summed E-state index contributed by atoms with van der Waals surface area (Å²) < 4.78 is 6.43. The molecule has 13 N–H and O–H groups in total. The number of rotatable bonds is 31. The number of nitrogens with one attached hydrogen (secondary N) is 12. The van der Waals surface area contributed by atoms with E-state index >= 15 is 0 Å². The van der Waals surface area contributed by atoms with E-state index in [9.17, 15) is 33.9 Å². The molecule has 6 amide bonds. The number of para-hydroxylation sites is 3. The first-order valence-electron chi connectivity index (χ1n) is 46.9. The number of phenolic OH excluding ortho intramolecular Hbond substituents is 1. The summed E-state index contributed by atoms with van der Waals surface area (Å²) >= 11 is 9.85. The van der Waals surface area contributed by atoms with E-state index in [1.165, 1.54) is 112 Å². The number of carbonyl (C=O) groups excluding carboxylic acids is 6. The fourth-order valence-corrected chi connectivity index (χ4v) is 18.1. The molecule has 12 aromatic carbocycles. The molecule has 0 aliphatic rings. The van der Waals surface area contributed by atoms with Gasteiger partial charge >= 0.3 is 0 Å². The van der Waals surface area contributed by atoms with Gasteiger partial charge in [0.15, 0.2) is 0 Å². The quantitative estimate of drug-likeness (QED) is 0.0198. The number of amides is 6. The lowest BCUT2D eigenvalue weighted by molar-refractivity contribution is -0.119. The zero-order valence-corrected chi connectivity index (χ0v) is 81.9. The molecule has 0 fully saturated rings. The van der Waals surface area contributed by atoms with Crippen LogP contribution in [0.5, 0.6) is 11.5 Å². The van der Waals surface area contributed by atoms with Crippen molar-refractivity contribution in [2.45, 2.75) is 126 Å². The van der Waals surface area contributed by atoms with Gasteiger partial charge in [-0.1, -0.05) is 246 Å². The predicted octanol–water partition coefficient (Wildman–Crippen LogP) is 22.1. The van der Waals surface area contributed by atoms with Gasteiger partial charge in [0.1, 0.15) is 11.5 Å². The van der Waals surface area contributed by atoms with Gasteiger partial charge in [0.2, 0.25) is 35.4 Å². The fraction of sp³-hybridized carbons (Fsp3) is 0.224. The molecule has 0 spiro atoms. The number of carbonyl (C=O) groups is 6. The molecule has 0 unspecified atom stereocenters. The third kappa shape index (κ3) is 29.1. The van der Waals surface area contributed by atoms with E-state index in [2.05, 4.69) is 261 Å². The smallest absolute Gasteiger partial charge is 0.216 e. The molecule has 0 aliphatic carbocycles. The average molecular weight is 1930 g/mol. The number of aromatic hydroxyl groups is 1. The van der Waals surface area contributed by atoms with Crippen molar-refractivity contribution in [2.75, 3.05) is 46.4 Å². The summed E-state index contributed by atoms with van der Waals surface area (Å²) in [5.41, 5.74) is 30.1. The van der Waals surface area contributed by atoms with Gasteiger partial charge in [0, 0.05) is 228 Å². The normalized spacial score (nSPS) is 10.8. The summed E-state index contributed by atoms with van der Waals surface area (Å²) in [4.78, 5) is 87.9. The monoisotopic (exact) mass is 1920 g/mol. The minimum absolute atomic E-state index is 0.00232. The maximum Gasteiger partial charge on any atom is 0.216 e. The third-order valence-corrected chi connectivity index (χ3v) is 25.0. The highest BCUT2D eigenvalue weighted by molar-refractivity contribution is 9.10. The fourth-order valence-electron chi connectivity index (χ4n) is 17.6. The Morgan fingerprint density at radius 1 is 0.290 bits per heavy atom. The first-order valence-corrected chi connectivity index (χ1v) is 48.1. The summed E-state index contributed by atoms with van der Waals surface area (Å²) in [7, 11) is 1.68. The Hall–Kier alpha value is -14.9. The molecule has 0 atom stereocenters. The van der Waals surface area contributed by atoms with Crippen molar-refractivity contribution in [3.05, 3.63) is 413 Å². The van der Waals surface area contributed by atoms with Crippen LogP contribution in [0.1, 0.15) is 148 Å². The summed E-state index contributed by atoms with van der Waals surface area (Å²) in [5, 5.41) is 34.9. The molecule has 708 valence electrons. The number of ether oxygens (including phenoxy) is 1. The van der Waals surface area contributed by atoms with E-state index in [4.69, 9.17) is 16.3 Å². The van der Waals surface area contributed by atoms with E-state index < -0.39 is 0 Å². The molecule has 20 nitrogen and oxygen atoms in total. The van der Waals surface area contributed by atoms with E-state index in [1.807, 2.05) is 109 Å². The van der Waals surface area contributed by atoms with Gasteiger partial charge in [-0.25, -0.2) is 0 Å². The van der Waals surface area contributed by atoms with Crippen LogP contribution in [0, 0.1) is 6.92 Å². The van der Waals surface area contributed by atoms with Crippen LogP contribution in [-0.2, 0) is 106 Å². The summed E-state index contributed by atoms with van der Waals surface area (Å²) in [5.74, 6) is 1.11. The number of aromatic nitrogens is 6. The van der Waals surface area contributed by atoms with Gasteiger partial charge in [-0.15, -0.1) is 0 Å². The number of aryl methyl sites for hydroxylation is 1. The molecule has 18 aromatic rings. The highest BCUT2D eigenvalue weighted by Crippen LogP contribution is 2.35. The largest absolute Gasteiger partial charge is 0.508 e. The van der Waals surface area contributed by atoms with Crippen LogP contribution in [-0.4, -0.2) is 117 Å². The summed E-state index contributed by atoms with van der Waals surface area (Å²) in [6, 6.07) is 101. The number of benzene rings is 12.